The molecule has 0 atom stereocenters. The first kappa shape index (κ1) is 17.5. The Labute approximate surface area is 146 Å². The summed E-state index contributed by atoms with van der Waals surface area (Å²) in [6.07, 6.45) is 2.94. The molecule has 1 aromatic heterocycles. The van der Waals surface area contributed by atoms with Gasteiger partial charge < -0.3 is 4.74 Å². The van der Waals surface area contributed by atoms with E-state index < -0.39 is 5.97 Å². The van der Waals surface area contributed by atoms with Gasteiger partial charge in [0.25, 0.3) is 0 Å². The number of esters is 1. The number of amides is 1. The molecule has 0 aliphatic rings. The van der Waals surface area contributed by atoms with Gasteiger partial charge in [-0.25, -0.2) is 9.78 Å². The summed E-state index contributed by atoms with van der Waals surface area (Å²) < 4.78 is 4.64. The van der Waals surface area contributed by atoms with Gasteiger partial charge in [0.05, 0.1) is 22.8 Å². The van der Waals surface area contributed by atoms with E-state index in [4.69, 9.17) is 23.2 Å². The van der Waals surface area contributed by atoms with Gasteiger partial charge in [-0.2, -0.15) is 0 Å². The average molecular weight is 371 g/mol. The van der Waals surface area contributed by atoms with Crippen molar-refractivity contribution >= 4 is 57.6 Å². The average Bonchev–Trinajstić information content (AvgIpc) is 2.88. The maximum atomic E-state index is 11.9. The second kappa shape index (κ2) is 7.59. The summed E-state index contributed by atoms with van der Waals surface area (Å²) in [4.78, 5) is 27.9. The van der Waals surface area contributed by atoms with E-state index in [0.717, 1.165) is 16.9 Å². The van der Waals surface area contributed by atoms with Gasteiger partial charge in [-0.05, 0) is 30.7 Å². The summed E-state index contributed by atoms with van der Waals surface area (Å²) in [7, 11) is 1.29. The first-order chi connectivity index (χ1) is 10.9. The molecule has 0 saturated heterocycles. The molecule has 0 bridgehead atoms. The summed E-state index contributed by atoms with van der Waals surface area (Å²) in [5, 5.41) is 3.77. The molecule has 1 N–H and O–H groups in total. The fourth-order valence-electron chi connectivity index (χ4n) is 1.67. The number of carbonyl (C=O) groups excluding carboxylic acids is 2. The number of anilines is 1. The van der Waals surface area contributed by atoms with Gasteiger partial charge in [0.2, 0.25) is 5.91 Å². The van der Waals surface area contributed by atoms with Crippen LogP contribution in [0.4, 0.5) is 5.13 Å². The van der Waals surface area contributed by atoms with Gasteiger partial charge in [-0.1, -0.05) is 40.6 Å². The predicted molar refractivity (Wildman–Crippen MR) is 92.3 cm³/mol. The van der Waals surface area contributed by atoms with Crippen LogP contribution >= 0.6 is 34.5 Å². The minimum absolute atomic E-state index is 0.326. The minimum Gasteiger partial charge on any atom is -0.465 e. The quantitative estimate of drug-likeness (QED) is 0.646. The van der Waals surface area contributed by atoms with Crippen molar-refractivity contribution in [3.8, 4) is 0 Å². The van der Waals surface area contributed by atoms with Crippen LogP contribution in [0.15, 0.2) is 24.3 Å². The number of halogens is 2. The first-order valence-corrected chi connectivity index (χ1v) is 7.98. The molecule has 1 amide bonds. The number of carbonyl (C=O) groups is 2. The Morgan fingerprint density at radius 1 is 1.30 bits per heavy atom. The van der Waals surface area contributed by atoms with Crippen molar-refractivity contribution < 1.29 is 14.3 Å². The van der Waals surface area contributed by atoms with Crippen LogP contribution in [0.3, 0.4) is 0 Å². The van der Waals surface area contributed by atoms with Crippen LogP contribution in [-0.4, -0.2) is 24.0 Å². The maximum absolute atomic E-state index is 11.9. The van der Waals surface area contributed by atoms with E-state index in [0.29, 0.717) is 25.7 Å². The number of nitrogens with one attached hydrogen (secondary N) is 1. The topological polar surface area (TPSA) is 68.3 Å². The van der Waals surface area contributed by atoms with Crippen LogP contribution in [0, 0.1) is 6.92 Å². The zero-order valence-corrected chi connectivity index (χ0v) is 14.6. The van der Waals surface area contributed by atoms with Crippen LogP contribution < -0.4 is 5.32 Å². The van der Waals surface area contributed by atoms with E-state index >= 15 is 0 Å². The highest BCUT2D eigenvalue weighted by Gasteiger charge is 2.16. The van der Waals surface area contributed by atoms with Crippen molar-refractivity contribution in [2.45, 2.75) is 6.92 Å². The number of ether oxygens (including phenoxy) is 1. The van der Waals surface area contributed by atoms with Gasteiger partial charge in [0, 0.05) is 6.08 Å². The van der Waals surface area contributed by atoms with E-state index in [9.17, 15) is 9.59 Å². The summed E-state index contributed by atoms with van der Waals surface area (Å²) in [6, 6.07) is 5.03. The standard InChI is InChI=1S/C15H12Cl2N2O3S/c1-8-13(14(21)22-2)23-15(18-8)19-12(20)6-4-9-3-5-10(16)11(17)7-9/h3-7H,1-2H3,(H,18,19,20)/b6-4-. The molecule has 0 aliphatic heterocycles. The molecule has 0 unspecified atom stereocenters. The second-order valence-corrected chi connectivity index (χ2v) is 6.23. The largest absolute Gasteiger partial charge is 0.465 e. The lowest BCUT2D eigenvalue weighted by molar-refractivity contribution is -0.111. The van der Waals surface area contributed by atoms with Crippen LogP contribution in [-0.2, 0) is 9.53 Å². The highest BCUT2D eigenvalue weighted by Crippen LogP contribution is 2.24. The van der Waals surface area contributed by atoms with Gasteiger partial charge in [0.1, 0.15) is 4.88 Å². The number of hydrogen-bond acceptors (Lipinski definition) is 5. The third-order valence-corrected chi connectivity index (χ3v) is 4.56. The Morgan fingerprint density at radius 3 is 2.70 bits per heavy atom. The van der Waals surface area contributed by atoms with E-state index in [1.165, 1.54) is 13.2 Å². The third-order valence-electron chi connectivity index (χ3n) is 2.77. The normalized spacial score (nSPS) is 10.8. The zero-order valence-electron chi connectivity index (χ0n) is 12.2. The lowest BCUT2D eigenvalue weighted by Gasteiger charge is -1.98. The smallest absolute Gasteiger partial charge is 0.350 e. The fourth-order valence-corrected chi connectivity index (χ4v) is 2.86. The van der Waals surface area contributed by atoms with Crippen LogP contribution in [0.5, 0.6) is 0 Å². The highest BCUT2D eigenvalue weighted by atomic mass is 35.5. The van der Waals surface area contributed by atoms with Crippen molar-refractivity contribution in [1.29, 1.82) is 0 Å². The minimum atomic E-state index is -0.480. The molecule has 0 saturated carbocycles. The predicted octanol–water partition coefficient (Wildman–Crippen LogP) is 4.20. The molecular formula is C15H12Cl2N2O3S. The maximum Gasteiger partial charge on any atom is 0.350 e. The molecule has 0 aliphatic carbocycles. The van der Waals surface area contributed by atoms with Gasteiger partial charge >= 0.3 is 5.97 Å². The molecule has 23 heavy (non-hydrogen) atoms. The molecular weight excluding hydrogens is 359 g/mol. The van der Waals surface area contributed by atoms with Crippen LogP contribution in [0.2, 0.25) is 10.0 Å². The molecule has 2 rings (SSSR count). The SMILES string of the molecule is COC(=O)c1sc(NC(=O)/C=C\c2ccc(Cl)c(Cl)c2)nc1C. The van der Waals surface area contributed by atoms with Crippen LogP contribution in [0.1, 0.15) is 20.9 Å². The zero-order chi connectivity index (χ0) is 17.0. The van der Waals surface area contributed by atoms with E-state index in [1.54, 1.807) is 31.2 Å². The third kappa shape index (κ3) is 4.54. The van der Waals surface area contributed by atoms with E-state index in [1.807, 2.05) is 0 Å². The summed E-state index contributed by atoms with van der Waals surface area (Å²) >= 11 is 12.8. The lowest BCUT2D eigenvalue weighted by atomic mass is 10.2. The molecule has 2 aromatic rings. The van der Waals surface area contributed by atoms with Gasteiger partial charge in [-0.3, -0.25) is 10.1 Å². The van der Waals surface area contributed by atoms with Crippen molar-refractivity contribution in [3.05, 3.63) is 50.5 Å². The lowest BCUT2D eigenvalue weighted by Crippen LogP contribution is -2.07. The Balaban J connectivity index is 2.06. The Bertz CT molecular complexity index is 787. The Morgan fingerprint density at radius 2 is 2.04 bits per heavy atom. The van der Waals surface area contributed by atoms with Crippen molar-refractivity contribution in [3.63, 3.8) is 0 Å². The van der Waals surface area contributed by atoms with Gasteiger partial charge in [-0.15, -0.1) is 0 Å². The summed E-state index contributed by atoms with van der Waals surface area (Å²) in [5.41, 5.74) is 1.24. The molecule has 120 valence electrons. The molecule has 1 aromatic carbocycles. The van der Waals surface area contributed by atoms with Gasteiger partial charge in [0.15, 0.2) is 5.13 Å². The fraction of sp³-hybridized carbons (Fsp3) is 0.133. The van der Waals surface area contributed by atoms with Crippen LogP contribution in [0.25, 0.3) is 6.08 Å². The number of benzene rings is 1. The van der Waals surface area contributed by atoms with E-state index in [2.05, 4.69) is 15.0 Å². The van der Waals surface area contributed by atoms with Crippen molar-refractivity contribution in [1.82, 2.24) is 4.98 Å². The molecule has 5 nitrogen and oxygen atoms in total. The monoisotopic (exact) mass is 370 g/mol. The molecule has 0 radical (unpaired) electrons. The Kier molecular flexibility index (Phi) is 5.76. The number of methoxy groups -OCH3 is 1. The summed E-state index contributed by atoms with van der Waals surface area (Å²) in [5.74, 6) is -0.854. The Hall–Kier alpha value is -1.89. The molecule has 0 spiro atoms. The number of thiazole rings is 1. The second-order valence-electron chi connectivity index (χ2n) is 4.42. The number of aromatic nitrogens is 1. The van der Waals surface area contributed by atoms with Crippen molar-refractivity contribution in [2.75, 3.05) is 12.4 Å². The summed E-state index contributed by atoms with van der Waals surface area (Å²) in [6.45, 7) is 1.67. The van der Waals surface area contributed by atoms with E-state index in [-0.39, 0.29) is 5.91 Å². The first-order valence-electron chi connectivity index (χ1n) is 6.40. The number of aryl methyl sites for hydroxylation is 1. The number of hydrogen-bond donors (Lipinski definition) is 1. The molecule has 0 fully saturated rings. The highest BCUT2D eigenvalue weighted by molar-refractivity contribution is 7.17. The van der Waals surface area contributed by atoms with Crippen molar-refractivity contribution in [2.24, 2.45) is 0 Å². The number of rotatable bonds is 4. The molecule has 8 heteroatoms. The molecule has 1 heterocycles. The number of nitrogens with zero attached hydrogens (tertiary/aromatic N) is 1.